The first-order valence-corrected chi connectivity index (χ1v) is 10.8. The normalized spacial score (nSPS) is 17.4. The predicted molar refractivity (Wildman–Crippen MR) is 109 cm³/mol. The number of hydrogen-bond acceptors (Lipinski definition) is 6. The highest BCUT2D eigenvalue weighted by Crippen LogP contribution is 2.36. The summed E-state index contributed by atoms with van der Waals surface area (Å²) >= 11 is 2.80. The fraction of sp³-hybridized carbons (Fsp3) is 0.556. The number of hydrogen-bond donors (Lipinski definition) is 2. The van der Waals surface area contributed by atoms with Crippen molar-refractivity contribution in [2.75, 3.05) is 7.05 Å². The lowest BCUT2D eigenvalue weighted by atomic mass is 9.89. The van der Waals surface area contributed by atoms with Crippen molar-refractivity contribution in [3.63, 3.8) is 0 Å². The van der Waals surface area contributed by atoms with E-state index in [2.05, 4.69) is 17.6 Å². The highest BCUT2D eigenvalue weighted by Gasteiger charge is 2.26. The Kier molecular flexibility index (Phi) is 5.90. The van der Waals surface area contributed by atoms with E-state index in [1.54, 1.807) is 22.8 Å². The van der Waals surface area contributed by atoms with Gasteiger partial charge in [0, 0.05) is 18.5 Å². The molecule has 2 aromatic rings. The van der Waals surface area contributed by atoms with Crippen LogP contribution >= 0.6 is 23.1 Å². The average molecular weight is 409 g/mol. The van der Waals surface area contributed by atoms with Gasteiger partial charge < -0.3 is 5.32 Å². The maximum Gasteiger partial charge on any atom is 0.321 e. The number of nitrogens with one attached hydrogen (secondary N) is 2. The number of thioether (sulfide) groups is 1. The predicted octanol–water partition coefficient (Wildman–Crippen LogP) is 2.54. The Bertz CT molecular complexity index is 950. The smallest absolute Gasteiger partial charge is 0.321 e. The number of fused-ring (bicyclic) bond motifs is 3. The molecular weight excluding hydrogens is 384 g/mol. The first kappa shape index (κ1) is 19.9. The van der Waals surface area contributed by atoms with Crippen LogP contribution in [-0.4, -0.2) is 33.8 Å². The number of nitrogens with zero attached hydrogens (tertiary/aromatic N) is 2. The van der Waals surface area contributed by atoms with Crippen LogP contribution in [0.15, 0.2) is 9.95 Å². The first-order valence-electron chi connectivity index (χ1n) is 9.10. The van der Waals surface area contributed by atoms with Gasteiger partial charge in [0.2, 0.25) is 5.91 Å². The van der Waals surface area contributed by atoms with Crippen molar-refractivity contribution in [3.8, 4) is 0 Å². The summed E-state index contributed by atoms with van der Waals surface area (Å²) in [5, 5.41) is 5.32. The first-order chi connectivity index (χ1) is 12.8. The van der Waals surface area contributed by atoms with Crippen LogP contribution in [0.3, 0.4) is 0 Å². The number of carbonyl (C=O) groups is 2. The van der Waals surface area contributed by atoms with Gasteiger partial charge in [-0.15, -0.1) is 11.3 Å². The second-order valence-electron chi connectivity index (χ2n) is 6.80. The molecule has 0 radical (unpaired) electrons. The molecule has 2 N–H and O–H groups in total. The zero-order valence-corrected chi connectivity index (χ0v) is 17.6. The molecule has 2 atom stereocenters. The van der Waals surface area contributed by atoms with E-state index in [1.165, 1.54) is 23.7 Å². The van der Waals surface area contributed by atoms with Crippen LogP contribution in [0.25, 0.3) is 10.2 Å². The van der Waals surface area contributed by atoms with Crippen molar-refractivity contribution in [1.29, 1.82) is 0 Å². The summed E-state index contributed by atoms with van der Waals surface area (Å²) in [5.41, 5.74) is 1.13. The molecule has 3 rings (SSSR count). The van der Waals surface area contributed by atoms with Gasteiger partial charge in [0.1, 0.15) is 4.83 Å². The number of imide groups is 1. The molecule has 0 spiro atoms. The van der Waals surface area contributed by atoms with E-state index < -0.39 is 17.2 Å². The Balaban J connectivity index is 1.97. The summed E-state index contributed by atoms with van der Waals surface area (Å²) in [6.07, 6.45) is 3.02. The van der Waals surface area contributed by atoms with Gasteiger partial charge in [0.15, 0.2) is 5.16 Å². The third-order valence-electron chi connectivity index (χ3n) is 4.81. The SMILES string of the molecule is CCn1c(SC(C)C(=O)NC(=O)NC)nc2sc3c(c2c1=O)CCC(C)C3. The molecule has 1 aliphatic carbocycles. The highest BCUT2D eigenvalue weighted by atomic mass is 32.2. The Morgan fingerprint density at radius 2 is 2.19 bits per heavy atom. The van der Waals surface area contributed by atoms with Gasteiger partial charge in [0.25, 0.3) is 5.56 Å². The van der Waals surface area contributed by atoms with Gasteiger partial charge in [-0.1, -0.05) is 18.7 Å². The van der Waals surface area contributed by atoms with Crippen LogP contribution in [-0.2, 0) is 24.2 Å². The van der Waals surface area contributed by atoms with Crippen LogP contribution in [0.5, 0.6) is 0 Å². The fourth-order valence-electron chi connectivity index (χ4n) is 3.26. The maximum atomic E-state index is 13.1. The van der Waals surface area contributed by atoms with E-state index in [-0.39, 0.29) is 5.56 Å². The Hall–Kier alpha value is -1.87. The molecule has 0 bridgehead atoms. The molecule has 3 amide bonds. The van der Waals surface area contributed by atoms with Gasteiger partial charge in [-0.3, -0.25) is 19.5 Å². The number of rotatable bonds is 4. The maximum absolute atomic E-state index is 13.1. The number of aromatic nitrogens is 2. The van der Waals surface area contributed by atoms with Crippen LogP contribution < -0.4 is 16.2 Å². The Labute approximate surface area is 165 Å². The van der Waals surface area contributed by atoms with Gasteiger partial charge in [0.05, 0.1) is 10.6 Å². The summed E-state index contributed by atoms with van der Waals surface area (Å²) in [4.78, 5) is 43.4. The Morgan fingerprint density at radius 1 is 1.44 bits per heavy atom. The minimum atomic E-state index is -0.556. The summed E-state index contributed by atoms with van der Waals surface area (Å²) in [6.45, 7) is 6.31. The van der Waals surface area contributed by atoms with Crippen LogP contribution in [0.2, 0.25) is 0 Å². The van der Waals surface area contributed by atoms with Crippen LogP contribution in [0.4, 0.5) is 4.79 Å². The minimum Gasteiger partial charge on any atom is -0.341 e. The van der Waals surface area contributed by atoms with E-state index in [0.717, 1.165) is 35.0 Å². The molecule has 0 fully saturated rings. The van der Waals surface area contributed by atoms with Crippen molar-refractivity contribution in [1.82, 2.24) is 20.2 Å². The summed E-state index contributed by atoms with van der Waals surface area (Å²) in [7, 11) is 1.45. The highest BCUT2D eigenvalue weighted by molar-refractivity contribution is 8.00. The van der Waals surface area contributed by atoms with E-state index in [0.29, 0.717) is 17.6 Å². The minimum absolute atomic E-state index is 0.0315. The van der Waals surface area contributed by atoms with Gasteiger partial charge in [-0.05, 0) is 44.6 Å². The van der Waals surface area contributed by atoms with Crippen molar-refractivity contribution in [2.24, 2.45) is 5.92 Å². The second kappa shape index (κ2) is 8.02. The molecule has 2 heterocycles. The van der Waals surface area contributed by atoms with Crippen molar-refractivity contribution >= 4 is 45.3 Å². The molecule has 2 unspecified atom stereocenters. The van der Waals surface area contributed by atoms with Gasteiger partial charge in [-0.2, -0.15) is 0 Å². The topological polar surface area (TPSA) is 93.1 Å². The third kappa shape index (κ3) is 3.89. The van der Waals surface area contributed by atoms with Gasteiger partial charge >= 0.3 is 6.03 Å². The quantitative estimate of drug-likeness (QED) is 0.599. The number of thiophene rings is 1. The zero-order chi connectivity index (χ0) is 19.7. The van der Waals surface area contributed by atoms with Crippen LogP contribution in [0.1, 0.15) is 37.6 Å². The Morgan fingerprint density at radius 3 is 2.85 bits per heavy atom. The van der Waals surface area contributed by atoms with Crippen LogP contribution in [0, 0.1) is 5.92 Å². The second-order valence-corrected chi connectivity index (χ2v) is 9.20. The zero-order valence-electron chi connectivity index (χ0n) is 15.9. The summed E-state index contributed by atoms with van der Waals surface area (Å²) in [6, 6.07) is -0.552. The number of carbonyl (C=O) groups excluding carboxylic acids is 2. The van der Waals surface area contributed by atoms with Crippen molar-refractivity contribution in [2.45, 2.75) is 57.0 Å². The summed E-state index contributed by atoms with van der Waals surface area (Å²) < 4.78 is 1.63. The fourth-order valence-corrected chi connectivity index (χ4v) is 5.66. The van der Waals surface area contributed by atoms with Crippen molar-refractivity contribution < 1.29 is 9.59 Å². The molecule has 1 aliphatic rings. The monoisotopic (exact) mass is 408 g/mol. The van der Waals surface area contributed by atoms with E-state index in [1.807, 2.05) is 6.92 Å². The van der Waals surface area contributed by atoms with Crippen molar-refractivity contribution in [3.05, 3.63) is 20.8 Å². The molecule has 2 aromatic heterocycles. The van der Waals surface area contributed by atoms with Gasteiger partial charge in [-0.25, -0.2) is 9.78 Å². The lowest BCUT2D eigenvalue weighted by Crippen LogP contribution is -2.41. The van der Waals surface area contributed by atoms with E-state index in [4.69, 9.17) is 4.98 Å². The number of amides is 3. The molecular formula is C18H24N4O3S2. The molecule has 0 saturated carbocycles. The third-order valence-corrected chi connectivity index (χ3v) is 7.05. The number of aryl methyl sites for hydroxylation is 1. The number of urea groups is 1. The molecule has 0 aromatic carbocycles. The molecule has 9 heteroatoms. The lowest BCUT2D eigenvalue weighted by Gasteiger charge is -2.18. The lowest BCUT2D eigenvalue weighted by molar-refractivity contribution is -0.119. The molecule has 27 heavy (non-hydrogen) atoms. The molecule has 7 nitrogen and oxygen atoms in total. The molecule has 0 aliphatic heterocycles. The summed E-state index contributed by atoms with van der Waals surface area (Å²) in [5.74, 6) is 0.205. The van der Waals surface area contributed by atoms with E-state index >= 15 is 0 Å². The standard InChI is InChI=1S/C18H24N4O3S2/c1-5-22-16(24)13-11-7-6-9(2)8-12(11)27-15(13)21-18(22)26-10(3)14(23)20-17(25)19-4/h9-10H,5-8H2,1-4H3,(H2,19,20,23,25). The molecule has 146 valence electrons. The van der Waals surface area contributed by atoms with E-state index in [9.17, 15) is 14.4 Å². The largest absolute Gasteiger partial charge is 0.341 e. The molecule has 0 saturated heterocycles. The average Bonchev–Trinajstić information content (AvgIpc) is 2.98.